The summed E-state index contributed by atoms with van der Waals surface area (Å²) >= 11 is 0. The number of nitrogens with zero attached hydrogens (tertiary/aromatic N) is 2. The summed E-state index contributed by atoms with van der Waals surface area (Å²) < 4.78 is 1.53. The van der Waals surface area contributed by atoms with Crippen LogP contribution in [0.15, 0.2) is 35.4 Å². The number of benzene rings is 1. The van der Waals surface area contributed by atoms with E-state index in [0.717, 1.165) is 16.8 Å². The smallest absolute Gasteiger partial charge is 0.299 e. The third-order valence-corrected chi connectivity index (χ3v) is 2.81. The van der Waals surface area contributed by atoms with E-state index in [0.29, 0.717) is 0 Å². The summed E-state index contributed by atoms with van der Waals surface area (Å²) in [4.78, 5) is 15.9. The maximum Gasteiger partial charge on any atom is 0.299 e. The van der Waals surface area contributed by atoms with E-state index in [2.05, 4.69) is 10.4 Å². The molecule has 0 saturated heterocycles. The highest BCUT2D eigenvalue weighted by Gasteiger charge is 2.07. The maximum absolute atomic E-state index is 12.0. The summed E-state index contributed by atoms with van der Waals surface area (Å²) in [6.07, 6.45) is 3.17. The van der Waals surface area contributed by atoms with Crippen molar-refractivity contribution < 1.29 is 0 Å². The molecule has 0 spiro atoms. The van der Waals surface area contributed by atoms with E-state index in [4.69, 9.17) is 5.84 Å². The Hall–Kier alpha value is -2.14. The number of nitrogen functional groups attached to an aromatic ring is 1. The Kier molecular flexibility index (Phi) is 2.93. The fourth-order valence-electron chi connectivity index (χ4n) is 1.70. The molecule has 0 amide bonds. The SMILES string of the molecule is Cc1cccc(-n2ccnc(NN)c2=O)c1C. The zero-order valence-corrected chi connectivity index (χ0v) is 9.77. The molecule has 0 aliphatic heterocycles. The van der Waals surface area contributed by atoms with E-state index in [9.17, 15) is 4.79 Å². The van der Waals surface area contributed by atoms with Gasteiger partial charge in [0.1, 0.15) is 0 Å². The number of hydrogen-bond acceptors (Lipinski definition) is 4. The molecule has 0 unspecified atom stereocenters. The number of rotatable bonds is 2. The molecule has 5 heteroatoms. The minimum absolute atomic E-state index is 0.133. The van der Waals surface area contributed by atoms with Crippen LogP contribution in [0.1, 0.15) is 11.1 Å². The second-order valence-electron chi connectivity index (χ2n) is 3.81. The lowest BCUT2D eigenvalue weighted by molar-refractivity contribution is 0.941. The number of nitrogens with one attached hydrogen (secondary N) is 1. The van der Waals surface area contributed by atoms with Crippen molar-refractivity contribution in [1.29, 1.82) is 0 Å². The van der Waals surface area contributed by atoms with E-state index >= 15 is 0 Å². The number of aromatic nitrogens is 2. The highest BCUT2D eigenvalue weighted by Crippen LogP contribution is 2.15. The molecule has 0 aliphatic rings. The van der Waals surface area contributed by atoms with Crippen LogP contribution < -0.4 is 16.8 Å². The van der Waals surface area contributed by atoms with Gasteiger partial charge >= 0.3 is 0 Å². The Morgan fingerprint density at radius 1 is 1.35 bits per heavy atom. The first-order valence-corrected chi connectivity index (χ1v) is 5.26. The highest BCUT2D eigenvalue weighted by atomic mass is 16.1. The van der Waals surface area contributed by atoms with Crippen molar-refractivity contribution in [3.05, 3.63) is 52.1 Å². The minimum atomic E-state index is -0.260. The van der Waals surface area contributed by atoms with Gasteiger partial charge in [-0.15, -0.1) is 0 Å². The summed E-state index contributed by atoms with van der Waals surface area (Å²) in [7, 11) is 0. The summed E-state index contributed by atoms with van der Waals surface area (Å²) in [5, 5.41) is 0. The average molecular weight is 230 g/mol. The molecule has 88 valence electrons. The van der Waals surface area contributed by atoms with Gasteiger partial charge in [-0.25, -0.2) is 10.8 Å². The molecular weight excluding hydrogens is 216 g/mol. The van der Waals surface area contributed by atoms with Crippen molar-refractivity contribution in [3.63, 3.8) is 0 Å². The van der Waals surface area contributed by atoms with Crippen LogP contribution in [0.25, 0.3) is 5.69 Å². The number of hydrazine groups is 1. The molecule has 0 bridgehead atoms. The summed E-state index contributed by atoms with van der Waals surface area (Å²) in [6, 6.07) is 5.82. The molecule has 0 fully saturated rings. The van der Waals surface area contributed by atoms with Gasteiger partial charge in [0, 0.05) is 12.4 Å². The van der Waals surface area contributed by atoms with Crippen LogP contribution in [-0.2, 0) is 0 Å². The summed E-state index contributed by atoms with van der Waals surface area (Å²) in [5.41, 5.74) is 5.07. The summed E-state index contributed by atoms with van der Waals surface area (Å²) in [5.74, 6) is 5.37. The predicted octanol–water partition coefficient (Wildman–Crippen LogP) is 1.13. The van der Waals surface area contributed by atoms with Gasteiger partial charge in [-0.3, -0.25) is 9.36 Å². The van der Waals surface area contributed by atoms with Gasteiger partial charge in [0.05, 0.1) is 5.69 Å². The lowest BCUT2D eigenvalue weighted by Gasteiger charge is -2.11. The first-order valence-electron chi connectivity index (χ1n) is 5.26. The normalized spacial score (nSPS) is 10.3. The zero-order valence-electron chi connectivity index (χ0n) is 9.77. The lowest BCUT2D eigenvalue weighted by Crippen LogP contribution is -2.26. The Labute approximate surface area is 98.9 Å². The first kappa shape index (κ1) is 11.3. The van der Waals surface area contributed by atoms with Crippen LogP contribution >= 0.6 is 0 Å². The molecule has 3 N–H and O–H groups in total. The third-order valence-electron chi connectivity index (χ3n) is 2.81. The number of nitrogens with two attached hydrogens (primary N) is 1. The highest BCUT2D eigenvalue weighted by molar-refractivity contribution is 5.46. The molecule has 5 nitrogen and oxygen atoms in total. The quantitative estimate of drug-likeness (QED) is 0.599. The zero-order chi connectivity index (χ0) is 12.4. The van der Waals surface area contributed by atoms with Crippen molar-refractivity contribution in [1.82, 2.24) is 9.55 Å². The van der Waals surface area contributed by atoms with Crippen molar-refractivity contribution in [2.45, 2.75) is 13.8 Å². The monoisotopic (exact) mass is 230 g/mol. The van der Waals surface area contributed by atoms with Crippen molar-refractivity contribution in [2.24, 2.45) is 5.84 Å². The Bertz CT molecular complexity index is 604. The second-order valence-corrected chi connectivity index (χ2v) is 3.81. The third kappa shape index (κ3) is 1.92. The molecule has 2 aromatic rings. The molecule has 1 aromatic carbocycles. The summed E-state index contributed by atoms with van der Waals surface area (Å²) in [6.45, 7) is 3.99. The van der Waals surface area contributed by atoms with Gasteiger partial charge in [-0.1, -0.05) is 12.1 Å². The molecule has 1 heterocycles. The molecule has 17 heavy (non-hydrogen) atoms. The van der Waals surface area contributed by atoms with Gasteiger partial charge in [0.15, 0.2) is 0 Å². The van der Waals surface area contributed by atoms with E-state index in [1.54, 1.807) is 12.4 Å². The Morgan fingerprint density at radius 3 is 2.82 bits per heavy atom. The molecular formula is C12H14N4O. The van der Waals surface area contributed by atoms with Crippen molar-refractivity contribution in [3.8, 4) is 5.69 Å². The second kappa shape index (κ2) is 4.39. The van der Waals surface area contributed by atoms with E-state index in [1.165, 1.54) is 4.57 Å². The van der Waals surface area contributed by atoms with Gasteiger partial charge < -0.3 is 5.43 Å². The van der Waals surface area contributed by atoms with Crippen LogP contribution in [0.3, 0.4) is 0 Å². The van der Waals surface area contributed by atoms with Crippen LogP contribution in [0.4, 0.5) is 5.82 Å². The average Bonchev–Trinajstić information content (AvgIpc) is 2.33. The number of aryl methyl sites for hydroxylation is 1. The number of hydrogen-bond donors (Lipinski definition) is 2. The van der Waals surface area contributed by atoms with Gasteiger partial charge in [0.2, 0.25) is 5.82 Å². The van der Waals surface area contributed by atoms with Gasteiger partial charge in [0.25, 0.3) is 5.56 Å². The van der Waals surface area contributed by atoms with Crippen molar-refractivity contribution >= 4 is 5.82 Å². The Balaban J connectivity index is 2.69. The van der Waals surface area contributed by atoms with Gasteiger partial charge in [-0.05, 0) is 31.0 Å². The molecule has 0 radical (unpaired) electrons. The maximum atomic E-state index is 12.0. The van der Waals surface area contributed by atoms with Gasteiger partial charge in [-0.2, -0.15) is 0 Å². The fraction of sp³-hybridized carbons (Fsp3) is 0.167. The van der Waals surface area contributed by atoms with E-state index in [-0.39, 0.29) is 11.4 Å². The predicted molar refractivity (Wildman–Crippen MR) is 67.1 cm³/mol. The molecule has 0 aliphatic carbocycles. The van der Waals surface area contributed by atoms with E-state index < -0.39 is 0 Å². The molecule has 1 aromatic heterocycles. The first-order chi connectivity index (χ1) is 8.15. The van der Waals surface area contributed by atoms with E-state index in [1.807, 2.05) is 32.0 Å². The van der Waals surface area contributed by atoms with Crippen LogP contribution in [0.2, 0.25) is 0 Å². The van der Waals surface area contributed by atoms with Crippen LogP contribution in [-0.4, -0.2) is 9.55 Å². The van der Waals surface area contributed by atoms with Crippen LogP contribution in [0, 0.1) is 13.8 Å². The minimum Gasteiger partial charge on any atom is -0.304 e. The topological polar surface area (TPSA) is 72.9 Å². The van der Waals surface area contributed by atoms with Crippen molar-refractivity contribution in [2.75, 3.05) is 5.43 Å². The Morgan fingerprint density at radius 2 is 2.12 bits per heavy atom. The number of anilines is 1. The molecule has 2 rings (SSSR count). The lowest BCUT2D eigenvalue weighted by atomic mass is 10.1. The fourth-order valence-corrected chi connectivity index (χ4v) is 1.70. The largest absolute Gasteiger partial charge is 0.304 e. The van der Waals surface area contributed by atoms with Crippen LogP contribution in [0.5, 0.6) is 0 Å². The standard InChI is InChI=1S/C12H14N4O/c1-8-4-3-5-10(9(8)2)16-7-6-14-11(15-13)12(16)17/h3-7H,13H2,1-2H3,(H,14,15). The molecule has 0 atom stereocenters. The molecule has 0 saturated carbocycles.